The summed E-state index contributed by atoms with van der Waals surface area (Å²) < 4.78 is 0. The van der Waals surface area contributed by atoms with Crippen molar-refractivity contribution in [2.45, 2.75) is 17.2 Å². The Bertz CT molecular complexity index is 617. The first kappa shape index (κ1) is 15.9. The Labute approximate surface area is 135 Å². The van der Waals surface area contributed by atoms with Gasteiger partial charge >= 0.3 is 0 Å². The Balaban J connectivity index is 2.29. The van der Waals surface area contributed by atoms with Crippen LogP contribution in [0, 0.1) is 0 Å². The van der Waals surface area contributed by atoms with E-state index in [1.165, 1.54) is 0 Å². The SMILES string of the molecule is C=CCC(C(=O)c1ccc(SC)cc1)c1ccc(Cl)cc1. The number of carbonyl (C=O) groups is 1. The molecule has 21 heavy (non-hydrogen) atoms. The number of carbonyl (C=O) groups excluding carboxylic acids is 1. The van der Waals surface area contributed by atoms with Crippen LogP contribution in [0.1, 0.15) is 28.3 Å². The molecule has 0 aliphatic carbocycles. The molecule has 1 atom stereocenters. The predicted octanol–water partition coefficient (Wildman–Crippen LogP) is 5.60. The minimum absolute atomic E-state index is 0.116. The van der Waals surface area contributed by atoms with Gasteiger partial charge in [-0.3, -0.25) is 4.79 Å². The van der Waals surface area contributed by atoms with Gasteiger partial charge in [-0.2, -0.15) is 0 Å². The number of rotatable bonds is 6. The molecule has 0 saturated heterocycles. The smallest absolute Gasteiger partial charge is 0.170 e. The monoisotopic (exact) mass is 316 g/mol. The van der Waals surface area contributed by atoms with E-state index in [0.717, 1.165) is 16.0 Å². The second kappa shape index (κ2) is 7.48. The molecule has 0 fully saturated rings. The number of hydrogen-bond donors (Lipinski definition) is 0. The molecule has 2 rings (SSSR count). The molecule has 0 aromatic heterocycles. The van der Waals surface area contributed by atoms with Crippen LogP contribution in [0.25, 0.3) is 0 Å². The van der Waals surface area contributed by atoms with Crippen LogP contribution < -0.4 is 0 Å². The fraction of sp³-hybridized carbons (Fsp3) is 0.167. The first-order chi connectivity index (χ1) is 10.2. The number of allylic oxidation sites excluding steroid dienone is 1. The van der Waals surface area contributed by atoms with Gasteiger partial charge in [0.2, 0.25) is 0 Å². The number of Topliss-reactive ketones (excluding diaryl/α,β-unsaturated/α-hetero) is 1. The number of halogens is 1. The average molecular weight is 317 g/mol. The van der Waals surface area contributed by atoms with Crippen LogP contribution in [0.4, 0.5) is 0 Å². The second-order valence-electron chi connectivity index (χ2n) is 4.72. The minimum atomic E-state index is -0.208. The Morgan fingerprint density at radius 3 is 2.33 bits per heavy atom. The summed E-state index contributed by atoms with van der Waals surface area (Å²) in [5.74, 6) is -0.0928. The quantitative estimate of drug-likeness (QED) is 0.392. The molecule has 0 aliphatic rings. The van der Waals surface area contributed by atoms with Crippen LogP contribution in [0.3, 0.4) is 0 Å². The third-order valence-corrected chi connectivity index (χ3v) is 4.36. The Kier molecular flexibility index (Phi) is 5.66. The summed E-state index contributed by atoms with van der Waals surface area (Å²) in [5, 5.41) is 0.674. The molecule has 0 heterocycles. The van der Waals surface area contributed by atoms with Gasteiger partial charge in [0.25, 0.3) is 0 Å². The van der Waals surface area contributed by atoms with Crippen molar-refractivity contribution in [3.63, 3.8) is 0 Å². The molecule has 0 bridgehead atoms. The van der Waals surface area contributed by atoms with Crippen molar-refractivity contribution in [3.8, 4) is 0 Å². The van der Waals surface area contributed by atoms with Gasteiger partial charge in [0, 0.05) is 15.5 Å². The highest BCUT2D eigenvalue weighted by molar-refractivity contribution is 7.98. The van der Waals surface area contributed by atoms with Crippen LogP contribution in [-0.4, -0.2) is 12.0 Å². The first-order valence-electron chi connectivity index (χ1n) is 6.70. The van der Waals surface area contributed by atoms with E-state index in [2.05, 4.69) is 6.58 Å². The standard InChI is InChI=1S/C18H17ClOS/c1-3-4-17(13-5-9-15(19)10-6-13)18(20)14-7-11-16(21-2)12-8-14/h3,5-12,17H,1,4H2,2H3. The maximum absolute atomic E-state index is 12.7. The molecule has 0 radical (unpaired) electrons. The zero-order valence-electron chi connectivity index (χ0n) is 11.9. The van der Waals surface area contributed by atoms with Gasteiger partial charge in [0.05, 0.1) is 5.92 Å². The predicted molar refractivity (Wildman–Crippen MR) is 91.6 cm³/mol. The van der Waals surface area contributed by atoms with E-state index >= 15 is 0 Å². The van der Waals surface area contributed by atoms with Crippen LogP contribution in [-0.2, 0) is 0 Å². The maximum atomic E-state index is 12.7. The fourth-order valence-electron chi connectivity index (χ4n) is 2.21. The van der Waals surface area contributed by atoms with E-state index in [9.17, 15) is 4.79 Å². The second-order valence-corrected chi connectivity index (χ2v) is 6.04. The molecule has 2 aromatic rings. The van der Waals surface area contributed by atoms with Gasteiger partial charge in [-0.25, -0.2) is 0 Å². The zero-order chi connectivity index (χ0) is 15.2. The van der Waals surface area contributed by atoms with Crippen molar-refractivity contribution in [2.75, 3.05) is 6.26 Å². The summed E-state index contributed by atoms with van der Waals surface area (Å²) in [4.78, 5) is 13.9. The van der Waals surface area contributed by atoms with Crippen molar-refractivity contribution in [1.29, 1.82) is 0 Å². The van der Waals surface area contributed by atoms with E-state index in [0.29, 0.717) is 11.4 Å². The molecule has 0 saturated carbocycles. The lowest BCUT2D eigenvalue weighted by Gasteiger charge is -2.15. The van der Waals surface area contributed by atoms with Gasteiger partial charge in [-0.15, -0.1) is 18.3 Å². The molecular weight excluding hydrogens is 300 g/mol. The molecule has 108 valence electrons. The van der Waals surface area contributed by atoms with Crippen molar-refractivity contribution in [2.24, 2.45) is 0 Å². The summed E-state index contributed by atoms with van der Waals surface area (Å²) in [6, 6.07) is 15.2. The molecule has 0 amide bonds. The van der Waals surface area contributed by atoms with Gasteiger partial charge in [0.15, 0.2) is 5.78 Å². The molecule has 0 aliphatic heterocycles. The topological polar surface area (TPSA) is 17.1 Å². The fourth-order valence-corrected chi connectivity index (χ4v) is 2.75. The lowest BCUT2D eigenvalue weighted by Crippen LogP contribution is -2.12. The van der Waals surface area contributed by atoms with Crippen molar-refractivity contribution in [3.05, 3.63) is 77.3 Å². The molecular formula is C18H17ClOS. The van der Waals surface area contributed by atoms with Crippen LogP contribution in [0.15, 0.2) is 66.1 Å². The van der Waals surface area contributed by atoms with Crippen LogP contribution in [0.5, 0.6) is 0 Å². The van der Waals surface area contributed by atoms with Crippen molar-refractivity contribution in [1.82, 2.24) is 0 Å². The van der Waals surface area contributed by atoms with Crippen molar-refractivity contribution >= 4 is 29.1 Å². The van der Waals surface area contributed by atoms with E-state index in [4.69, 9.17) is 11.6 Å². The van der Waals surface area contributed by atoms with Crippen molar-refractivity contribution < 1.29 is 4.79 Å². The zero-order valence-corrected chi connectivity index (χ0v) is 13.5. The minimum Gasteiger partial charge on any atom is -0.293 e. The Morgan fingerprint density at radius 2 is 1.81 bits per heavy atom. The van der Waals surface area contributed by atoms with Crippen LogP contribution in [0.2, 0.25) is 5.02 Å². The van der Waals surface area contributed by atoms with Crippen LogP contribution >= 0.6 is 23.4 Å². The third-order valence-electron chi connectivity index (χ3n) is 3.37. The normalized spacial score (nSPS) is 11.9. The molecule has 3 heteroatoms. The Hall–Kier alpha value is -1.51. The molecule has 2 aromatic carbocycles. The lowest BCUT2D eigenvalue weighted by atomic mass is 9.88. The molecule has 1 unspecified atom stereocenters. The van der Waals surface area contributed by atoms with Gasteiger partial charge in [0.1, 0.15) is 0 Å². The highest BCUT2D eigenvalue weighted by Gasteiger charge is 2.20. The highest BCUT2D eigenvalue weighted by atomic mass is 35.5. The van der Waals surface area contributed by atoms with E-state index in [1.807, 2.05) is 54.8 Å². The summed E-state index contributed by atoms with van der Waals surface area (Å²) in [6.45, 7) is 3.77. The van der Waals surface area contributed by atoms with E-state index in [1.54, 1.807) is 17.8 Å². The van der Waals surface area contributed by atoms with Gasteiger partial charge in [-0.1, -0.05) is 41.9 Å². The Morgan fingerprint density at radius 1 is 1.19 bits per heavy atom. The largest absolute Gasteiger partial charge is 0.293 e. The summed E-state index contributed by atoms with van der Waals surface area (Å²) in [6.07, 6.45) is 4.42. The number of thioether (sulfide) groups is 1. The lowest BCUT2D eigenvalue weighted by molar-refractivity contribution is 0.0960. The van der Waals surface area contributed by atoms with E-state index in [-0.39, 0.29) is 11.7 Å². The van der Waals surface area contributed by atoms with E-state index < -0.39 is 0 Å². The average Bonchev–Trinajstić information content (AvgIpc) is 2.53. The highest BCUT2D eigenvalue weighted by Crippen LogP contribution is 2.27. The first-order valence-corrected chi connectivity index (χ1v) is 8.30. The molecule has 0 N–H and O–H groups in total. The summed E-state index contributed by atoms with van der Waals surface area (Å²) in [5.41, 5.74) is 1.70. The molecule has 0 spiro atoms. The third kappa shape index (κ3) is 3.99. The number of hydrogen-bond acceptors (Lipinski definition) is 2. The number of ketones is 1. The summed E-state index contributed by atoms with van der Waals surface area (Å²) in [7, 11) is 0. The molecule has 1 nitrogen and oxygen atoms in total. The van der Waals surface area contributed by atoms with Gasteiger partial charge < -0.3 is 0 Å². The number of benzene rings is 2. The van der Waals surface area contributed by atoms with Gasteiger partial charge in [-0.05, 0) is 42.5 Å². The maximum Gasteiger partial charge on any atom is 0.170 e. The summed E-state index contributed by atoms with van der Waals surface area (Å²) >= 11 is 7.58.